The number of carbonyl (C=O) groups is 1. The van der Waals surface area contributed by atoms with Crippen LogP contribution in [0.1, 0.15) is 24.0 Å². The van der Waals surface area contributed by atoms with Crippen LogP contribution in [0.4, 0.5) is 8.78 Å². The molecule has 1 saturated heterocycles. The summed E-state index contributed by atoms with van der Waals surface area (Å²) in [6.45, 7) is 2.94. The van der Waals surface area contributed by atoms with Gasteiger partial charge in [0.25, 0.3) is 0 Å². The molecule has 6 nitrogen and oxygen atoms in total. The van der Waals surface area contributed by atoms with Crippen LogP contribution in [-0.2, 0) is 17.9 Å². The van der Waals surface area contributed by atoms with E-state index in [1.54, 1.807) is 25.1 Å². The standard InChI is InChI=1S/C24H31F2N5O.HI/c1-30(2)23(32)16-28-24(27-15-18-6-4-3-5-7-18)29-20-10-12-31(13-11-20)17-19-8-9-21(25)22(26)14-19;/h3-9,14,20H,10-13,15-17H2,1-2H3,(H2,27,28,29);1H. The molecule has 1 heterocycles. The Hall–Kier alpha value is -2.27. The summed E-state index contributed by atoms with van der Waals surface area (Å²) in [6.07, 6.45) is 1.77. The summed E-state index contributed by atoms with van der Waals surface area (Å²) in [5, 5.41) is 6.59. The van der Waals surface area contributed by atoms with Gasteiger partial charge in [-0.25, -0.2) is 13.8 Å². The molecule has 0 aliphatic carbocycles. The van der Waals surface area contributed by atoms with Gasteiger partial charge in [0.1, 0.15) is 0 Å². The summed E-state index contributed by atoms with van der Waals surface area (Å²) in [6, 6.07) is 14.2. The van der Waals surface area contributed by atoms with E-state index in [0.717, 1.165) is 37.1 Å². The number of aliphatic imine (C=N–C) groups is 1. The molecule has 0 bridgehead atoms. The molecule has 0 radical (unpaired) electrons. The average molecular weight is 571 g/mol. The minimum atomic E-state index is -0.820. The molecule has 180 valence electrons. The second-order valence-corrected chi connectivity index (χ2v) is 8.24. The van der Waals surface area contributed by atoms with Crippen molar-refractivity contribution in [3.05, 3.63) is 71.3 Å². The lowest BCUT2D eigenvalue weighted by atomic mass is 10.0. The van der Waals surface area contributed by atoms with Gasteiger partial charge in [0, 0.05) is 39.8 Å². The average Bonchev–Trinajstić information content (AvgIpc) is 2.79. The molecule has 33 heavy (non-hydrogen) atoms. The zero-order chi connectivity index (χ0) is 22.9. The van der Waals surface area contributed by atoms with Crippen molar-refractivity contribution in [1.82, 2.24) is 20.4 Å². The number of nitrogens with zero attached hydrogens (tertiary/aromatic N) is 3. The van der Waals surface area contributed by atoms with Gasteiger partial charge in [-0.05, 0) is 36.1 Å². The highest BCUT2D eigenvalue weighted by atomic mass is 127. The molecule has 9 heteroatoms. The molecule has 1 fully saturated rings. The Labute approximate surface area is 211 Å². The smallest absolute Gasteiger partial charge is 0.241 e. The molecule has 1 amide bonds. The SMILES string of the molecule is CN(C)C(=O)CNC(=NCc1ccccc1)NC1CCN(Cc2ccc(F)c(F)c2)CC1.I. The van der Waals surface area contributed by atoms with Crippen LogP contribution >= 0.6 is 24.0 Å². The Morgan fingerprint density at radius 2 is 1.76 bits per heavy atom. The van der Waals surface area contributed by atoms with Crippen LogP contribution in [0.15, 0.2) is 53.5 Å². The summed E-state index contributed by atoms with van der Waals surface area (Å²) in [7, 11) is 3.45. The van der Waals surface area contributed by atoms with Crippen molar-refractivity contribution < 1.29 is 13.6 Å². The largest absolute Gasteiger partial charge is 0.354 e. The fraction of sp³-hybridized carbons (Fsp3) is 0.417. The van der Waals surface area contributed by atoms with E-state index >= 15 is 0 Å². The van der Waals surface area contributed by atoms with E-state index in [-0.39, 0.29) is 42.5 Å². The molecular formula is C24H32F2IN5O. The number of likely N-dealkylation sites (N-methyl/N-ethyl adjacent to an activating group) is 1. The normalized spacial score (nSPS) is 15.0. The van der Waals surface area contributed by atoms with Gasteiger partial charge in [0.05, 0.1) is 13.1 Å². The van der Waals surface area contributed by atoms with E-state index in [1.807, 2.05) is 30.3 Å². The van der Waals surface area contributed by atoms with Crippen molar-refractivity contribution in [3.8, 4) is 0 Å². The number of guanidine groups is 1. The minimum Gasteiger partial charge on any atom is -0.354 e. The van der Waals surface area contributed by atoms with Crippen molar-refractivity contribution in [3.63, 3.8) is 0 Å². The third-order valence-electron chi connectivity index (χ3n) is 5.49. The number of nitrogens with one attached hydrogen (secondary N) is 2. The van der Waals surface area contributed by atoms with E-state index in [4.69, 9.17) is 0 Å². The molecule has 0 aromatic heterocycles. The Kier molecular flexibility index (Phi) is 11.0. The van der Waals surface area contributed by atoms with Crippen LogP contribution in [0.25, 0.3) is 0 Å². The number of hydrogen-bond donors (Lipinski definition) is 2. The fourth-order valence-electron chi connectivity index (χ4n) is 3.55. The van der Waals surface area contributed by atoms with Gasteiger partial charge in [-0.15, -0.1) is 24.0 Å². The number of piperidine rings is 1. The summed E-state index contributed by atoms with van der Waals surface area (Å²) >= 11 is 0. The van der Waals surface area contributed by atoms with Gasteiger partial charge < -0.3 is 15.5 Å². The van der Waals surface area contributed by atoms with Crippen LogP contribution in [0.2, 0.25) is 0 Å². The summed E-state index contributed by atoms with van der Waals surface area (Å²) < 4.78 is 26.6. The van der Waals surface area contributed by atoms with Crippen molar-refractivity contribution in [2.75, 3.05) is 33.7 Å². The maximum absolute atomic E-state index is 13.5. The number of amides is 1. The quantitative estimate of drug-likeness (QED) is 0.304. The van der Waals surface area contributed by atoms with Crippen molar-refractivity contribution in [1.29, 1.82) is 0 Å². The second kappa shape index (κ2) is 13.4. The van der Waals surface area contributed by atoms with Gasteiger partial charge in [-0.1, -0.05) is 36.4 Å². The third kappa shape index (κ3) is 8.88. The Morgan fingerprint density at radius 3 is 2.39 bits per heavy atom. The number of rotatable bonds is 7. The summed E-state index contributed by atoms with van der Waals surface area (Å²) in [5.74, 6) is -1.04. The molecule has 2 N–H and O–H groups in total. The Balaban J connectivity index is 0.00000385. The zero-order valence-electron chi connectivity index (χ0n) is 19.1. The summed E-state index contributed by atoms with van der Waals surface area (Å²) in [5.41, 5.74) is 1.86. The van der Waals surface area contributed by atoms with E-state index in [9.17, 15) is 13.6 Å². The molecule has 2 aromatic rings. The fourth-order valence-corrected chi connectivity index (χ4v) is 3.55. The van der Waals surface area contributed by atoms with Crippen LogP contribution in [-0.4, -0.2) is 61.4 Å². The maximum atomic E-state index is 13.5. The lowest BCUT2D eigenvalue weighted by Crippen LogP contribution is -2.50. The number of halogens is 3. The summed E-state index contributed by atoms with van der Waals surface area (Å²) in [4.78, 5) is 20.4. The first kappa shape index (κ1) is 27.0. The first-order chi connectivity index (χ1) is 15.4. The van der Waals surface area contributed by atoms with Crippen molar-refractivity contribution in [2.45, 2.75) is 32.0 Å². The topological polar surface area (TPSA) is 60.0 Å². The first-order valence-electron chi connectivity index (χ1n) is 10.9. The van der Waals surface area contributed by atoms with Gasteiger partial charge in [0.2, 0.25) is 5.91 Å². The van der Waals surface area contributed by atoms with Gasteiger partial charge in [-0.3, -0.25) is 9.69 Å². The van der Waals surface area contributed by atoms with Gasteiger partial charge >= 0.3 is 0 Å². The van der Waals surface area contributed by atoms with E-state index < -0.39 is 11.6 Å². The zero-order valence-corrected chi connectivity index (χ0v) is 21.4. The highest BCUT2D eigenvalue weighted by molar-refractivity contribution is 14.0. The lowest BCUT2D eigenvalue weighted by Gasteiger charge is -2.33. The van der Waals surface area contributed by atoms with Gasteiger partial charge in [0.15, 0.2) is 17.6 Å². The monoisotopic (exact) mass is 571 g/mol. The van der Waals surface area contributed by atoms with Crippen LogP contribution in [0.5, 0.6) is 0 Å². The minimum absolute atomic E-state index is 0. The molecule has 0 atom stereocenters. The maximum Gasteiger partial charge on any atom is 0.241 e. The first-order valence-corrected chi connectivity index (χ1v) is 10.9. The highest BCUT2D eigenvalue weighted by Gasteiger charge is 2.21. The van der Waals surface area contributed by atoms with E-state index in [0.29, 0.717) is 19.0 Å². The van der Waals surface area contributed by atoms with E-state index in [2.05, 4.69) is 20.5 Å². The molecular weight excluding hydrogens is 539 g/mol. The molecule has 0 saturated carbocycles. The molecule has 1 aliphatic rings. The molecule has 2 aromatic carbocycles. The molecule has 1 aliphatic heterocycles. The van der Waals surface area contributed by atoms with Crippen LogP contribution in [0, 0.1) is 11.6 Å². The molecule has 0 unspecified atom stereocenters. The lowest BCUT2D eigenvalue weighted by molar-refractivity contribution is -0.127. The number of carbonyl (C=O) groups excluding carboxylic acids is 1. The predicted octanol–water partition coefficient (Wildman–Crippen LogP) is 3.37. The Bertz CT molecular complexity index is 918. The predicted molar refractivity (Wildman–Crippen MR) is 137 cm³/mol. The van der Waals surface area contributed by atoms with Crippen molar-refractivity contribution >= 4 is 35.8 Å². The molecule has 0 spiro atoms. The van der Waals surface area contributed by atoms with Crippen molar-refractivity contribution in [2.24, 2.45) is 4.99 Å². The van der Waals surface area contributed by atoms with Crippen LogP contribution < -0.4 is 10.6 Å². The number of hydrogen-bond acceptors (Lipinski definition) is 3. The highest BCUT2D eigenvalue weighted by Crippen LogP contribution is 2.16. The van der Waals surface area contributed by atoms with Crippen LogP contribution in [0.3, 0.4) is 0 Å². The van der Waals surface area contributed by atoms with Gasteiger partial charge in [-0.2, -0.15) is 0 Å². The number of likely N-dealkylation sites (tertiary alicyclic amines) is 1. The second-order valence-electron chi connectivity index (χ2n) is 8.24. The Morgan fingerprint density at radius 1 is 1.06 bits per heavy atom. The van der Waals surface area contributed by atoms with E-state index in [1.165, 1.54) is 12.1 Å². The third-order valence-corrected chi connectivity index (χ3v) is 5.49. The number of benzene rings is 2. The molecule has 3 rings (SSSR count).